The van der Waals surface area contributed by atoms with E-state index < -0.39 is 5.60 Å². The minimum atomic E-state index is -0.673. The minimum absolute atomic E-state index is 0.132. The van der Waals surface area contributed by atoms with Gasteiger partial charge in [-0.3, -0.25) is 4.79 Å². The Morgan fingerprint density at radius 2 is 1.70 bits per heavy atom. The van der Waals surface area contributed by atoms with Crippen LogP contribution in [0.3, 0.4) is 0 Å². The van der Waals surface area contributed by atoms with Crippen molar-refractivity contribution in [1.29, 1.82) is 0 Å². The van der Waals surface area contributed by atoms with Gasteiger partial charge in [0.15, 0.2) is 0 Å². The maximum Gasteiger partial charge on any atom is 0.255 e. The minimum Gasteiger partial charge on any atom is -0.389 e. The number of carbonyl (C=O) groups is 1. The Hall–Kier alpha value is -2.63. The van der Waals surface area contributed by atoms with Crippen LogP contribution in [0.15, 0.2) is 83.3 Å². The molecule has 3 aromatic carbocycles. The van der Waals surface area contributed by atoms with Gasteiger partial charge in [-0.1, -0.05) is 58.4 Å². The van der Waals surface area contributed by atoms with Crippen LogP contribution in [0, 0.1) is 0 Å². The van der Waals surface area contributed by atoms with Crippen LogP contribution in [0.2, 0.25) is 0 Å². The Bertz CT molecular complexity index is 1010. The van der Waals surface area contributed by atoms with E-state index in [0.29, 0.717) is 24.8 Å². The van der Waals surface area contributed by atoms with Gasteiger partial charge in [0.2, 0.25) is 0 Å². The zero-order valence-electron chi connectivity index (χ0n) is 16.7. The number of anilines is 2. The molecule has 3 aromatic rings. The summed E-state index contributed by atoms with van der Waals surface area (Å²) in [5, 5.41) is 14.0. The highest BCUT2D eigenvalue weighted by molar-refractivity contribution is 9.10. The first-order valence-corrected chi connectivity index (χ1v) is 11.0. The number of piperidine rings is 1. The molecular formula is C25H25BrN2O2. The molecule has 1 amide bonds. The van der Waals surface area contributed by atoms with Crippen molar-refractivity contribution in [3.63, 3.8) is 0 Å². The van der Waals surface area contributed by atoms with Crippen molar-refractivity contribution < 1.29 is 9.90 Å². The predicted molar refractivity (Wildman–Crippen MR) is 125 cm³/mol. The molecule has 0 bridgehead atoms. The normalized spacial score (nSPS) is 15.6. The maximum atomic E-state index is 12.7. The number of amides is 1. The molecule has 30 heavy (non-hydrogen) atoms. The molecule has 154 valence electrons. The lowest BCUT2D eigenvalue weighted by molar-refractivity contribution is 0.0165. The summed E-state index contributed by atoms with van der Waals surface area (Å²) in [6.07, 6.45) is 2.09. The monoisotopic (exact) mass is 464 g/mol. The number of nitrogens with one attached hydrogen (secondary N) is 1. The highest BCUT2D eigenvalue weighted by Gasteiger charge is 2.32. The lowest BCUT2D eigenvalue weighted by Gasteiger charge is -2.39. The fourth-order valence-electron chi connectivity index (χ4n) is 3.95. The molecule has 0 aromatic heterocycles. The smallest absolute Gasteiger partial charge is 0.255 e. The van der Waals surface area contributed by atoms with E-state index in [1.165, 1.54) is 5.56 Å². The van der Waals surface area contributed by atoms with Crippen LogP contribution < -0.4 is 10.2 Å². The van der Waals surface area contributed by atoms with Crippen LogP contribution in [0.25, 0.3) is 0 Å². The number of aliphatic hydroxyl groups is 1. The zero-order valence-corrected chi connectivity index (χ0v) is 18.3. The van der Waals surface area contributed by atoms with Crippen molar-refractivity contribution in [2.24, 2.45) is 0 Å². The number of carbonyl (C=O) groups excluding carboxylic acids is 1. The van der Waals surface area contributed by atoms with Gasteiger partial charge in [-0.2, -0.15) is 0 Å². The van der Waals surface area contributed by atoms with Gasteiger partial charge in [-0.05, 0) is 54.8 Å². The van der Waals surface area contributed by atoms with Crippen molar-refractivity contribution in [3.05, 3.63) is 94.5 Å². The molecule has 1 aliphatic rings. The molecule has 0 atom stereocenters. The van der Waals surface area contributed by atoms with E-state index in [0.717, 1.165) is 28.9 Å². The number of nitrogens with zero attached hydrogens (tertiary/aromatic N) is 1. The average Bonchev–Trinajstić information content (AvgIpc) is 2.75. The van der Waals surface area contributed by atoms with Crippen LogP contribution in [0.4, 0.5) is 11.4 Å². The van der Waals surface area contributed by atoms with Gasteiger partial charge in [0.05, 0.1) is 5.60 Å². The first kappa shape index (κ1) is 20.6. The maximum absolute atomic E-state index is 12.7. The molecule has 2 N–H and O–H groups in total. The highest BCUT2D eigenvalue weighted by Crippen LogP contribution is 2.30. The standard InChI is InChI=1S/C25H25BrN2O2/c26-21-9-5-10-22(17-21)27-24(29)20-8-4-11-23(16-20)28-14-12-25(30,13-15-28)18-19-6-2-1-3-7-19/h1-11,16-17,30H,12-15,18H2,(H,27,29). The summed E-state index contributed by atoms with van der Waals surface area (Å²) in [7, 11) is 0. The number of hydrogen-bond acceptors (Lipinski definition) is 3. The van der Waals surface area contributed by atoms with Gasteiger partial charge >= 0.3 is 0 Å². The van der Waals surface area contributed by atoms with E-state index >= 15 is 0 Å². The van der Waals surface area contributed by atoms with E-state index in [9.17, 15) is 9.90 Å². The molecule has 1 fully saturated rings. The second-order valence-corrected chi connectivity index (χ2v) is 8.80. The van der Waals surface area contributed by atoms with Gasteiger partial charge in [0, 0.05) is 40.9 Å². The van der Waals surface area contributed by atoms with Crippen LogP contribution in [-0.4, -0.2) is 29.7 Å². The van der Waals surface area contributed by atoms with Crippen LogP contribution in [0.1, 0.15) is 28.8 Å². The van der Waals surface area contributed by atoms with Gasteiger partial charge in [-0.15, -0.1) is 0 Å². The summed E-state index contributed by atoms with van der Waals surface area (Å²) >= 11 is 3.42. The molecule has 0 aliphatic carbocycles. The molecule has 0 spiro atoms. The molecule has 1 heterocycles. The Morgan fingerprint density at radius 3 is 2.43 bits per heavy atom. The lowest BCUT2D eigenvalue weighted by atomic mass is 9.85. The van der Waals surface area contributed by atoms with Crippen molar-refractivity contribution in [1.82, 2.24) is 0 Å². The molecule has 1 aliphatic heterocycles. The summed E-state index contributed by atoms with van der Waals surface area (Å²) in [4.78, 5) is 14.9. The third-order valence-electron chi connectivity index (χ3n) is 5.63. The van der Waals surface area contributed by atoms with Gasteiger partial charge in [0.25, 0.3) is 5.91 Å². The van der Waals surface area contributed by atoms with E-state index in [1.54, 1.807) is 0 Å². The first-order valence-electron chi connectivity index (χ1n) is 10.2. The highest BCUT2D eigenvalue weighted by atomic mass is 79.9. The number of halogens is 1. The summed E-state index contributed by atoms with van der Waals surface area (Å²) < 4.78 is 0.922. The lowest BCUT2D eigenvalue weighted by Crippen LogP contribution is -2.45. The van der Waals surface area contributed by atoms with E-state index in [1.807, 2.05) is 66.7 Å². The fraction of sp³-hybridized carbons (Fsp3) is 0.240. The Kier molecular flexibility index (Phi) is 6.21. The molecule has 4 rings (SSSR count). The largest absolute Gasteiger partial charge is 0.389 e. The molecule has 1 saturated heterocycles. The molecule has 5 heteroatoms. The predicted octanol–water partition coefficient (Wildman–Crippen LogP) is 5.28. The van der Waals surface area contributed by atoms with Crippen LogP contribution in [-0.2, 0) is 6.42 Å². The fourth-order valence-corrected chi connectivity index (χ4v) is 4.35. The van der Waals surface area contributed by atoms with Gasteiger partial charge in [0.1, 0.15) is 0 Å². The van der Waals surface area contributed by atoms with E-state index in [4.69, 9.17) is 0 Å². The second-order valence-electron chi connectivity index (χ2n) is 7.89. The van der Waals surface area contributed by atoms with E-state index in [-0.39, 0.29) is 5.91 Å². The summed E-state index contributed by atoms with van der Waals surface area (Å²) in [6.45, 7) is 1.53. The Labute approximate surface area is 185 Å². The Morgan fingerprint density at radius 1 is 0.967 bits per heavy atom. The van der Waals surface area contributed by atoms with Gasteiger partial charge in [-0.25, -0.2) is 0 Å². The second kappa shape index (κ2) is 9.02. The van der Waals surface area contributed by atoms with Crippen LogP contribution >= 0.6 is 15.9 Å². The number of hydrogen-bond donors (Lipinski definition) is 2. The quantitative estimate of drug-likeness (QED) is 0.540. The summed E-state index contributed by atoms with van der Waals surface area (Å²) in [6, 6.07) is 25.4. The van der Waals surface area contributed by atoms with Crippen molar-refractivity contribution in [3.8, 4) is 0 Å². The van der Waals surface area contributed by atoms with Crippen molar-refractivity contribution in [2.45, 2.75) is 24.9 Å². The van der Waals surface area contributed by atoms with E-state index in [2.05, 4.69) is 38.3 Å². The molecule has 0 radical (unpaired) electrons. The third-order valence-corrected chi connectivity index (χ3v) is 6.12. The third kappa shape index (κ3) is 5.10. The molecule has 0 unspecified atom stereocenters. The first-order chi connectivity index (χ1) is 14.5. The van der Waals surface area contributed by atoms with Crippen molar-refractivity contribution in [2.75, 3.05) is 23.3 Å². The zero-order chi connectivity index (χ0) is 21.0. The molecule has 4 nitrogen and oxygen atoms in total. The average molecular weight is 465 g/mol. The topological polar surface area (TPSA) is 52.6 Å². The molecule has 0 saturated carbocycles. The SMILES string of the molecule is O=C(Nc1cccc(Br)c1)c1cccc(N2CCC(O)(Cc3ccccc3)CC2)c1. The van der Waals surface area contributed by atoms with Crippen LogP contribution in [0.5, 0.6) is 0 Å². The molecular weight excluding hydrogens is 440 g/mol. The number of rotatable bonds is 5. The summed E-state index contributed by atoms with van der Waals surface area (Å²) in [5.74, 6) is -0.132. The van der Waals surface area contributed by atoms with Crippen molar-refractivity contribution >= 4 is 33.2 Å². The number of benzene rings is 3. The Balaban J connectivity index is 1.40. The summed E-state index contributed by atoms with van der Waals surface area (Å²) in [5.41, 5.74) is 2.88. The van der Waals surface area contributed by atoms with Gasteiger partial charge < -0.3 is 15.3 Å².